The standard InChI is InChI=1S/C15H20N4O/c1-19-11-13(9-18-19)15-12(5-7-20-15)8-16-10-14-4-2-3-6-17-14/h2-4,6,9,11-12,15-16H,5,7-8,10H2,1H3/t12-,15-/m0/s1. The predicted octanol–water partition coefficient (Wildman–Crippen LogP) is 1.68. The minimum atomic E-state index is 0.167. The molecule has 0 amide bonds. The molecule has 5 heteroatoms. The Kier molecular flexibility index (Phi) is 4.08. The summed E-state index contributed by atoms with van der Waals surface area (Å²) in [6, 6.07) is 5.99. The van der Waals surface area contributed by atoms with Crippen LogP contribution < -0.4 is 5.32 Å². The molecule has 20 heavy (non-hydrogen) atoms. The first-order valence-corrected chi connectivity index (χ1v) is 7.03. The number of nitrogens with one attached hydrogen (secondary N) is 1. The number of aryl methyl sites for hydroxylation is 1. The van der Waals surface area contributed by atoms with Gasteiger partial charge in [-0.25, -0.2) is 0 Å². The van der Waals surface area contributed by atoms with Crippen molar-refractivity contribution in [2.75, 3.05) is 13.2 Å². The first-order valence-electron chi connectivity index (χ1n) is 7.03. The van der Waals surface area contributed by atoms with E-state index in [1.165, 1.54) is 5.56 Å². The molecule has 1 aliphatic heterocycles. The maximum atomic E-state index is 5.86. The Morgan fingerprint density at radius 1 is 1.45 bits per heavy atom. The van der Waals surface area contributed by atoms with Gasteiger partial charge >= 0.3 is 0 Å². The van der Waals surface area contributed by atoms with Gasteiger partial charge in [-0.3, -0.25) is 9.67 Å². The lowest BCUT2D eigenvalue weighted by Gasteiger charge is -2.17. The van der Waals surface area contributed by atoms with Crippen molar-refractivity contribution in [1.29, 1.82) is 0 Å². The summed E-state index contributed by atoms with van der Waals surface area (Å²) in [5.74, 6) is 0.503. The van der Waals surface area contributed by atoms with E-state index in [9.17, 15) is 0 Å². The van der Waals surface area contributed by atoms with Gasteiger partial charge in [0.2, 0.25) is 0 Å². The van der Waals surface area contributed by atoms with Crippen LogP contribution in [0.25, 0.3) is 0 Å². The molecule has 1 fully saturated rings. The molecule has 1 aliphatic rings. The molecule has 0 bridgehead atoms. The molecule has 0 spiro atoms. The molecule has 3 heterocycles. The Balaban J connectivity index is 1.54. The van der Waals surface area contributed by atoms with Crippen LogP contribution in [0.3, 0.4) is 0 Å². The van der Waals surface area contributed by atoms with Crippen molar-refractivity contribution in [2.45, 2.75) is 19.1 Å². The molecule has 0 aromatic carbocycles. The van der Waals surface area contributed by atoms with E-state index in [2.05, 4.69) is 15.4 Å². The fraction of sp³-hybridized carbons (Fsp3) is 0.467. The average molecular weight is 272 g/mol. The lowest BCUT2D eigenvalue weighted by Crippen LogP contribution is -2.24. The van der Waals surface area contributed by atoms with Gasteiger partial charge in [-0.05, 0) is 18.6 Å². The van der Waals surface area contributed by atoms with Gasteiger partial charge in [0.15, 0.2) is 0 Å². The van der Waals surface area contributed by atoms with Gasteiger partial charge in [0.25, 0.3) is 0 Å². The van der Waals surface area contributed by atoms with E-state index in [4.69, 9.17) is 4.74 Å². The molecule has 2 atom stereocenters. The number of aromatic nitrogens is 3. The summed E-state index contributed by atoms with van der Waals surface area (Å²) in [7, 11) is 1.94. The van der Waals surface area contributed by atoms with Crippen LogP contribution in [0.4, 0.5) is 0 Å². The van der Waals surface area contributed by atoms with E-state index in [1.54, 1.807) is 0 Å². The lowest BCUT2D eigenvalue weighted by molar-refractivity contribution is 0.0904. The van der Waals surface area contributed by atoms with Crippen LogP contribution in [0.1, 0.15) is 23.8 Å². The Bertz CT molecular complexity index is 540. The fourth-order valence-electron chi connectivity index (χ4n) is 2.69. The summed E-state index contributed by atoms with van der Waals surface area (Å²) in [6.45, 7) is 2.57. The normalized spacial score (nSPS) is 22.2. The van der Waals surface area contributed by atoms with Crippen molar-refractivity contribution < 1.29 is 4.74 Å². The SMILES string of the molecule is Cn1cc([C@H]2OCC[C@H]2CNCc2ccccn2)cn1. The van der Waals surface area contributed by atoms with Crippen molar-refractivity contribution in [3.05, 3.63) is 48.0 Å². The van der Waals surface area contributed by atoms with Gasteiger partial charge in [0.1, 0.15) is 0 Å². The number of hydrogen-bond acceptors (Lipinski definition) is 4. The van der Waals surface area contributed by atoms with E-state index in [0.717, 1.165) is 31.8 Å². The first-order chi connectivity index (χ1) is 9.83. The molecule has 2 aromatic rings. The molecular formula is C15H20N4O. The highest BCUT2D eigenvalue weighted by Gasteiger charge is 2.30. The molecule has 0 unspecified atom stereocenters. The van der Waals surface area contributed by atoms with Crippen LogP contribution >= 0.6 is 0 Å². The van der Waals surface area contributed by atoms with Crippen LogP contribution in [0, 0.1) is 5.92 Å². The highest BCUT2D eigenvalue weighted by Crippen LogP contribution is 2.33. The third-order valence-electron chi connectivity index (χ3n) is 3.71. The van der Waals surface area contributed by atoms with Crippen LogP contribution in [0.2, 0.25) is 0 Å². The minimum Gasteiger partial charge on any atom is -0.373 e. The van der Waals surface area contributed by atoms with Crippen molar-refractivity contribution in [2.24, 2.45) is 13.0 Å². The summed E-state index contributed by atoms with van der Waals surface area (Å²) in [6.07, 6.45) is 7.03. The van der Waals surface area contributed by atoms with Crippen molar-refractivity contribution in [3.8, 4) is 0 Å². The zero-order chi connectivity index (χ0) is 13.8. The van der Waals surface area contributed by atoms with Gasteiger partial charge in [-0.1, -0.05) is 6.07 Å². The summed E-state index contributed by atoms with van der Waals surface area (Å²) in [5.41, 5.74) is 2.25. The highest BCUT2D eigenvalue weighted by molar-refractivity contribution is 5.11. The highest BCUT2D eigenvalue weighted by atomic mass is 16.5. The Morgan fingerprint density at radius 2 is 2.40 bits per heavy atom. The van der Waals surface area contributed by atoms with Gasteiger partial charge < -0.3 is 10.1 Å². The molecule has 0 radical (unpaired) electrons. The molecule has 1 N–H and O–H groups in total. The van der Waals surface area contributed by atoms with E-state index in [-0.39, 0.29) is 6.10 Å². The summed E-state index contributed by atoms with van der Waals surface area (Å²) < 4.78 is 7.69. The van der Waals surface area contributed by atoms with Crippen LogP contribution in [-0.4, -0.2) is 27.9 Å². The molecule has 3 rings (SSSR count). The molecule has 0 saturated carbocycles. The van der Waals surface area contributed by atoms with Crippen LogP contribution in [0.5, 0.6) is 0 Å². The van der Waals surface area contributed by atoms with Crippen LogP contribution in [-0.2, 0) is 18.3 Å². The zero-order valence-electron chi connectivity index (χ0n) is 11.7. The summed E-state index contributed by atoms with van der Waals surface area (Å²) in [4.78, 5) is 4.32. The summed E-state index contributed by atoms with van der Waals surface area (Å²) >= 11 is 0. The third kappa shape index (κ3) is 3.05. The lowest BCUT2D eigenvalue weighted by atomic mass is 9.97. The Hall–Kier alpha value is -1.72. The monoisotopic (exact) mass is 272 g/mol. The Labute approximate surface area is 119 Å². The number of nitrogens with zero attached hydrogens (tertiary/aromatic N) is 3. The molecular weight excluding hydrogens is 252 g/mol. The zero-order valence-corrected chi connectivity index (χ0v) is 11.7. The molecule has 1 saturated heterocycles. The molecule has 2 aromatic heterocycles. The smallest absolute Gasteiger partial charge is 0.0896 e. The summed E-state index contributed by atoms with van der Waals surface area (Å²) in [5, 5.41) is 7.71. The van der Waals surface area contributed by atoms with Gasteiger partial charge in [0.05, 0.1) is 18.0 Å². The third-order valence-corrected chi connectivity index (χ3v) is 3.71. The second kappa shape index (κ2) is 6.15. The van der Waals surface area contributed by atoms with E-state index in [1.807, 2.05) is 48.5 Å². The number of ether oxygens (including phenoxy) is 1. The average Bonchev–Trinajstić information content (AvgIpc) is 3.09. The van der Waals surface area contributed by atoms with Crippen molar-refractivity contribution in [1.82, 2.24) is 20.1 Å². The van der Waals surface area contributed by atoms with E-state index >= 15 is 0 Å². The number of pyridine rings is 1. The number of hydrogen-bond donors (Lipinski definition) is 1. The van der Waals surface area contributed by atoms with Crippen molar-refractivity contribution >= 4 is 0 Å². The maximum absolute atomic E-state index is 5.86. The van der Waals surface area contributed by atoms with E-state index < -0.39 is 0 Å². The Morgan fingerprint density at radius 3 is 3.15 bits per heavy atom. The molecule has 0 aliphatic carbocycles. The topological polar surface area (TPSA) is 52.0 Å². The quantitative estimate of drug-likeness (QED) is 0.900. The first kappa shape index (κ1) is 13.3. The molecule has 106 valence electrons. The number of rotatable bonds is 5. The van der Waals surface area contributed by atoms with Gasteiger partial charge in [0, 0.05) is 50.6 Å². The van der Waals surface area contributed by atoms with Crippen LogP contribution in [0.15, 0.2) is 36.8 Å². The van der Waals surface area contributed by atoms with Gasteiger partial charge in [-0.15, -0.1) is 0 Å². The predicted molar refractivity (Wildman–Crippen MR) is 76.0 cm³/mol. The minimum absolute atomic E-state index is 0.167. The van der Waals surface area contributed by atoms with E-state index in [0.29, 0.717) is 5.92 Å². The molecule has 5 nitrogen and oxygen atoms in total. The largest absolute Gasteiger partial charge is 0.373 e. The van der Waals surface area contributed by atoms with Gasteiger partial charge in [-0.2, -0.15) is 5.10 Å². The maximum Gasteiger partial charge on any atom is 0.0896 e. The fourth-order valence-corrected chi connectivity index (χ4v) is 2.69. The van der Waals surface area contributed by atoms with Crippen molar-refractivity contribution in [3.63, 3.8) is 0 Å². The second-order valence-electron chi connectivity index (χ2n) is 5.24. The second-order valence-corrected chi connectivity index (χ2v) is 5.24.